The van der Waals surface area contributed by atoms with Gasteiger partial charge < -0.3 is 25.0 Å². The molecule has 148 valence electrons. The number of hydrogen-bond donors (Lipinski definition) is 4. The van der Waals surface area contributed by atoms with E-state index in [9.17, 15) is 18.6 Å². The molecule has 1 aromatic carbocycles. The fraction of sp³-hybridized carbons (Fsp3) is 0.400. The van der Waals surface area contributed by atoms with Crippen molar-refractivity contribution in [2.45, 2.75) is 25.3 Å². The minimum Gasteiger partial charge on any atom is -0.369 e. The molecule has 1 aliphatic heterocycles. The zero-order chi connectivity index (χ0) is 19.6. The van der Waals surface area contributed by atoms with Crippen LogP contribution in [0.25, 0.3) is 5.69 Å². The Morgan fingerprint density at radius 1 is 1.26 bits per heavy atom. The highest BCUT2D eigenvalue weighted by Gasteiger charge is 2.32. The lowest BCUT2D eigenvalue weighted by Gasteiger charge is -2.40. The molecule has 27 heavy (non-hydrogen) atoms. The first-order valence-electron chi connectivity index (χ1n) is 8.09. The van der Waals surface area contributed by atoms with Gasteiger partial charge in [-0.1, -0.05) is 0 Å². The predicted octanol–water partition coefficient (Wildman–Crippen LogP) is 1.10. The van der Waals surface area contributed by atoms with Crippen LogP contribution in [-0.4, -0.2) is 58.3 Å². The van der Waals surface area contributed by atoms with Crippen LogP contribution >= 0.6 is 15.9 Å². The first-order chi connectivity index (χ1) is 12.8. The van der Waals surface area contributed by atoms with E-state index in [1.807, 2.05) is 6.07 Å². The molecule has 0 spiro atoms. The van der Waals surface area contributed by atoms with E-state index < -0.39 is 22.9 Å². The number of halogens is 1. The smallest absolute Gasteiger partial charge is 0.369 e. The third-order valence-electron chi connectivity index (χ3n) is 4.09. The maximum Gasteiger partial charge on any atom is 0.397 e. The zero-order valence-electron chi connectivity index (χ0n) is 14.1. The third-order valence-corrected chi connectivity index (χ3v) is 5.19. The van der Waals surface area contributed by atoms with Gasteiger partial charge in [0, 0.05) is 23.4 Å². The second-order valence-electron chi connectivity index (χ2n) is 5.94. The van der Waals surface area contributed by atoms with Crippen molar-refractivity contribution in [1.82, 2.24) is 9.55 Å². The van der Waals surface area contributed by atoms with Gasteiger partial charge in [0.25, 0.3) is 0 Å². The number of unbranched alkanes of at least 4 members (excludes halogenated alkanes) is 1. The Hall–Kier alpha value is -1.70. The number of hydrogen-bond acceptors (Lipinski definition) is 8. The Kier molecular flexibility index (Phi) is 6.03. The van der Waals surface area contributed by atoms with Gasteiger partial charge in [0.05, 0.1) is 30.0 Å². The van der Waals surface area contributed by atoms with Gasteiger partial charge in [0.1, 0.15) is 0 Å². The molecule has 2 heterocycles. The van der Waals surface area contributed by atoms with Crippen molar-refractivity contribution < 1.29 is 27.4 Å². The number of benzene rings is 1. The fourth-order valence-electron chi connectivity index (χ4n) is 2.85. The normalized spacial score (nSPS) is 19.6. The highest BCUT2D eigenvalue weighted by atomic mass is 79.9. The summed E-state index contributed by atoms with van der Waals surface area (Å²) in [6.07, 6.45) is 3.52. The van der Waals surface area contributed by atoms with Gasteiger partial charge >= 0.3 is 10.4 Å². The van der Waals surface area contributed by atoms with Crippen molar-refractivity contribution in [3.05, 3.63) is 35.3 Å². The molecule has 2 unspecified atom stereocenters. The molecular formula is C15H19BrN4O6S. The lowest BCUT2D eigenvalue weighted by Crippen LogP contribution is -2.51. The second-order valence-corrected chi connectivity index (χ2v) is 7.89. The highest BCUT2D eigenvalue weighted by molar-refractivity contribution is 9.10. The van der Waals surface area contributed by atoms with E-state index >= 15 is 0 Å². The van der Waals surface area contributed by atoms with Crippen LogP contribution in [0.4, 0.5) is 11.4 Å². The summed E-state index contributed by atoms with van der Waals surface area (Å²) in [5, 5.41) is 23.3. The Morgan fingerprint density at radius 3 is 2.70 bits per heavy atom. The number of fused-ring (bicyclic) bond motifs is 1. The minimum atomic E-state index is -4.46. The van der Waals surface area contributed by atoms with E-state index in [1.165, 1.54) is 0 Å². The van der Waals surface area contributed by atoms with Crippen molar-refractivity contribution in [1.29, 1.82) is 0 Å². The topological polar surface area (TPSA) is 137 Å². The van der Waals surface area contributed by atoms with Crippen LogP contribution in [0, 0.1) is 0 Å². The molecule has 0 bridgehead atoms. The maximum atomic E-state index is 10.6. The van der Waals surface area contributed by atoms with Gasteiger partial charge in [-0.05, 0) is 40.9 Å². The van der Waals surface area contributed by atoms with Gasteiger partial charge in [-0.3, -0.25) is 4.55 Å². The first-order valence-corrected chi connectivity index (χ1v) is 10.2. The summed E-state index contributed by atoms with van der Waals surface area (Å²) >= 11 is 3.50. The molecule has 0 saturated heterocycles. The summed E-state index contributed by atoms with van der Waals surface area (Å²) in [7, 11) is -4.46. The molecule has 2 aromatic rings. The van der Waals surface area contributed by atoms with E-state index in [0.29, 0.717) is 30.8 Å². The molecule has 0 amide bonds. The molecule has 3 rings (SSSR count). The second kappa shape index (κ2) is 8.12. The van der Waals surface area contributed by atoms with Crippen LogP contribution < -0.4 is 10.2 Å². The molecule has 2 atom stereocenters. The zero-order valence-corrected chi connectivity index (χ0v) is 16.5. The van der Waals surface area contributed by atoms with Crippen molar-refractivity contribution in [2.24, 2.45) is 0 Å². The fourth-order valence-corrected chi connectivity index (χ4v) is 3.73. The summed E-state index contributed by atoms with van der Waals surface area (Å²) in [5.74, 6) is 0. The van der Waals surface area contributed by atoms with Gasteiger partial charge in [0.15, 0.2) is 12.5 Å². The number of aliphatic hydroxyl groups is 2. The SMILES string of the molecule is O=S(=O)(O)OCCCCN1c2cc(-n3ccnc3)c(Br)cc2NC(O)C1O. The van der Waals surface area contributed by atoms with E-state index in [1.54, 1.807) is 34.3 Å². The van der Waals surface area contributed by atoms with Crippen LogP contribution in [0.5, 0.6) is 0 Å². The summed E-state index contributed by atoms with van der Waals surface area (Å²) < 4.78 is 36.6. The number of imidazole rings is 1. The molecule has 10 nitrogen and oxygen atoms in total. The highest BCUT2D eigenvalue weighted by Crippen LogP contribution is 2.38. The summed E-state index contributed by atoms with van der Waals surface area (Å²) in [6.45, 7) is 0.170. The number of aliphatic hydroxyl groups excluding tert-OH is 2. The van der Waals surface area contributed by atoms with Crippen LogP contribution in [0.1, 0.15) is 12.8 Å². The molecule has 0 fully saturated rings. The quantitative estimate of drug-likeness (QED) is 0.351. The largest absolute Gasteiger partial charge is 0.397 e. The van der Waals surface area contributed by atoms with Gasteiger partial charge in [-0.2, -0.15) is 8.42 Å². The number of rotatable bonds is 7. The van der Waals surface area contributed by atoms with E-state index in [0.717, 1.165) is 10.2 Å². The minimum absolute atomic E-state index is 0.170. The number of nitrogens with zero attached hydrogens (tertiary/aromatic N) is 3. The average molecular weight is 463 g/mol. The van der Waals surface area contributed by atoms with Crippen LogP contribution in [-0.2, 0) is 14.6 Å². The average Bonchev–Trinajstić information content (AvgIpc) is 3.10. The number of aromatic nitrogens is 2. The monoisotopic (exact) mass is 462 g/mol. The lowest BCUT2D eigenvalue weighted by molar-refractivity contribution is 0.0309. The molecule has 0 aliphatic carbocycles. The van der Waals surface area contributed by atoms with Crippen molar-refractivity contribution in [3.63, 3.8) is 0 Å². The van der Waals surface area contributed by atoms with Crippen molar-refractivity contribution in [3.8, 4) is 5.69 Å². The molecular weight excluding hydrogens is 444 g/mol. The summed E-state index contributed by atoms with van der Waals surface area (Å²) in [6, 6.07) is 3.64. The van der Waals surface area contributed by atoms with E-state index in [2.05, 4.69) is 30.4 Å². The van der Waals surface area contributed by atoms with Crippen LogP contribution in [0.15, 0.2) is 35.3 Å². The Morgan fingerprint density at radius 2 is 2.04 bits per heavy atom. The lowest BCUT2D eigenvalue weighted by atomic mass is 10.1. The molecule has 0 saturated carbocycles. The van der Waals surface area contributed by atoms with Crippen molar-refractivity contribution >= 4 is 37.7 Å². The number of anilines is 2. The third kappa shape index (κ3) is 4.78. The molecule has 1 aliphatic rings. The summed E-state index contributed by atoms with van der Waals surface area (Å²) in [4.78, 5) is 5.65. The first kappa shape index (κ1) is 20.0. The molecule has 0 radical (unpaired) electrons. The van der Waals surface area contributed by atoms with Gasteiger partial charge in [-0.15, -0.1) is 0 Å². The van der Waals surface area contributed by atoms with Crippen molar-refractivity contribution in [2.75, 3.05) is 23.4 Å². The Labute approximate surface area is 164 Å². The van der Waals surface area contributed by atoms with Crippen LogP contribution in [0.2, 0.25) is 0 Å². The standard InChI is InChI=1S/C15H19BrN4O6S/c16-10-7-11-13(8-12(10)19-5-3-17-9-19)20(15(22)14(21)18-11)4-1-2-6-26-27(23,24)25/h3,5,7-9,14-15,18,21-22H,1-2,4,6H2,(H,23,24,25). The Bertz CT molecular complexity index is 892. The number of nitrogens with one attached hydrogen (secondary N) is 1. The molecule has 1 aromatic heterocycles. The Balaban J connectivity index is 1.79. The van der Waals surface area contributed by atoms with E-state index in [4.69, 9.17) is 4.55 Å². The molecule has 12 heteroatoms. The maximum absolute atomic E-state index is 10.6. The molecule has 4 N–H and O–H groups in total. The van der Waals surface area contributed by atoms with Gasteiger partial charge in [0.2, 0.25) is 0 Å². The van der Waals surface area contributed by atoms with Crippen LogP contribution in [0.3, 0.4) is 0 Å². The predicted molar refractivity (Wildman–Crippen MR) is 101 cm³/mol. The summed E-state index contributed by atoms with van der Waals surface area (Å²) in [5.41, 5.74) is 2.12. The van der Waals surface area contributed by atoms with E-state index in [-0.39, 0.29) is 6.61 Å². The van der Waals surface area contributed by atoms with Gasteiger partial charge in [-0.25, -0.2) is 9.17 Å².